The van der Waals surface area contributed by atoms with Crippen LogP contribution < -0.4 is 0 Å². The first kappa shape index (κ1) is 14.8. The summed E-state index contributed by atoms with van der Waals surface area (Å²) >= 11 is 0. The highest BCUT2D eigenvalue weighted by atomic mass is 16.3. The van der Waals surface area contributed by atoms with Gasteiger partial charge in [0.25, 0.3) is 0 Å². The fourth-order valence-corrected chi connectivity index (χ4v) is 2.53. The molecule has 2 N–H and O–H groups in total. The Kier molecular flexibility index (Phi) is 3.81. The van der Waals surface area contributed by atoms with E-state index in [0.717, 1.165) is 22.8 Å². The molecular weight excluding hydrogens is 292 g/mol. The van der Waals surface area contributed by atoms with Crippen molar-refractivity contribution in [2.24, 2.45) is 0 Å². The molecule has 23 heavy (non-hydrogen) atoms. The Balaban J connectivity index is 1.94. The summed E-state index contributed by atoms with van der Waals surface area (Å²) in [6.07, 6.45) is 0.816. The first-order valence-electron chi connectivity index (χ1n) is 7.12. The van der Waals surface area contributed by atoms with Gasteiger partial charge in [0.05, 0.1) is 5.57 Å². The van der Waals surface area contributed by atoms with E-state index in [-0.39, 0.29) is 12.0 Å². The number of Topliss-reactive ketones (excluding diaryl/α,β-unsaturated/α-hetero) is 1. The lowest BCUT2D eigenvalue weighted by atomic mass is 9.92. The minimum atomic E-state index is -0.753. The molecule has 0 saturated heterocycles. The molecule has 2 aromatic rings. The van der Waals surface area contributed by atoms with Gasteiger partial charge in [-0.1, -0.05) is 54.6 Å². The molecule has 1 aliphatic carbocycles. The monoisotopic (exact) mass is 306 g/mol. The van der Waals surface area contributed by atoms with E-state index in [9.17, 15) is 19.8 Å². The molecule has 4 nitrogen and oxygen atoms in total. The molecule has 0 amide bonds. The Labute approximate surface area is 133 Å². The highest BCUT2D eigenvalue weighted by Gasteiger charge is 2.28. The van der Waals surface area contributed by atoms with Crippen LogP contribution in [0.3, 0.4) is 0 Å². The number of hydrogen-bond donors (Lipinski definition) is 2. The highest BCUT2D eigenvalue weighted by Crippen LogP contribution is 2.24. The standard InChI is InChI=1S/C19H14O4/c20-16-11-17(21)19(23)15(18(16)22)10-12-5-4-8-14(9-12)13-6-2-1-3-7-13/h1-9,11,20,23H,10H2. The van der Waals surface area contributed by atoms with Gasteiger partial charge in [0.15, 0.2) is 11.5 Å². The van der Waals surface area contributed by atoms with Crippen LogP contribution >= 0.6 is 0 Å². The Morgan fingerprint density at radius 2 is 1.52 bits per heavy atom. The number of hydrogen-bond acceptors (Lipinski definition) is 4. The number of carbonyl (C=O) groups is 2. The molecule has 0 spiro atoms. The van der Waals surface area contributed by atoms with Crippen molar-refractivity contribution in [3.8, 4) is 11.1 Å². The third-order valence-electron chi connectivity index (χ3n) is 3.71. The molecule has 0 saturated carbocycles. The molecule has 0 radical (unpaired) electrons. The van der Waals surface area contributed by atoms with Crippen LogP contribution in [-0.2, 0) is 16.0 Å². The van der Waals surface area contributed by atoms with Crippen molar-refractivity contribution in [3.05, 3.63) is 83.3 Å². The predicted molar refractivity (Wildman–Crippen MR) is 86.0 cm³/mol. The Morgan fingerprint density at radius 1 is 0.826 bits per heavy atom. The molecule has 0 atom stereocenters. The number of benzene rings is 2. The van der Waals surface area contributed by atoms with Crippen LogP contribution in [-0.4, -0.2) is 21.8 Å². The molecule has 0 fully saturated rings. The van der Waals surface area contributed by atoms with E-state index in [1.165, 1.54) is 0 Å². The second-order valence-electron chi connectivity index (χ2n) is 5.29. The molecule has 0 unspecified atom stereocenters. The van der Waals surface area contributed by atoms with E-state index in [1.54, 1.807) is 6.07 Å². The zero-order chi connectivity index (χ0) is 16.4. The zero-order valence-electron chi connectivity index (χ0n) is 12.2. The van der Waals surface area contributed by atoms with Crippen LogP contribution in [0.25, 0.3) is 11.1 Å². The van der Waals surface area contributed by atoms with Gasteiger partial charge in [-0.25, -0.2) is 0 Å². The van der Waals surface area contributed by atoms with Crippen LogP contribution in [0.4, 0.5) is 0 Å². The lowest BCUT2D eigenvalue weighted by Crippen LogP contribution is -2.20. The van der Waals surface area contributed by atoms with Crippen LogP contribution in [0.2, 0.25) is 0 Å². The zero-order valence-corrected chi connectivity index (χ0v) is 12.2. The summed E-state index contributed by atoms with van der Waals surface area (Å²) in [6.45, 7) is 0. The predicted octanol–water partition coefficient (Wildman–Crippen LogP) is 3.30. The Bertz CT molecular complexity index is 845. The van der Waals surface area contributed by atoms with Gasteiger partial charge < -0.3 is 10.2 Å². The van der Waals surface area contributed by atoms with Crippen LogP contribution in [0.15, 0.2) is 77.8 Å². The largest absolute Gasteiger partial charge is 0.504 e. The number of rotatable bonds is 3. The Hall–Kier alpha value is -3.14. The normalized spacial score (nSPS) is 14.9. The van der Waals surface area contributed by atoms with Crippen molar-refractivity contribution in [1.82, 2.24) is 0 Å². The molecule has 0 aromatic heterocycles. The number of carbonyl (C=O) groups excluding carboxylic acids is 2. The SMILES string of the molecule is O=C1C=C(O)C(=O)C(Cc2cccc(-c3ccccc3)c2)=C1O. The molecule has 4 heteroatoms. The Morgan fingerprint density at radius 3 is 2.26 bits per heavy atom. The fourth-order valence-electron chi connectivity index (χ4n) is 2.53. The average Bonchev–Trinajstić information content (AvgIpc) is 2.58. The van der Waals surface area contributed by atoms with Gasteiger partial charge in [-0.05, 0) is 16.7 Å². The number of ketones is 2. The number of aliphatic hydroxyl groups excluding tert-OH is 2. The van der Waals surface area contributed by atoms with E-state index in [2.05, 4.69) is 0 Å². The van der Waals surface area contributed by atoms with Gasteiger partial charge in [0, 0.05) is 12.5 Å². The van der Waals surface area contributed by atoms with Crippen LogP contribution in [0, 0.1) is 0 Å². The van der Waals surface area contributed by atoms with E-state index in [4.69, 9.17) is 0 Å². The summed E-state index contributed by atoms with van der Waals surface area (Å²) in [7, 11) is 0. The maximum absolute atomic E-state index is 12.0. The van der Waals surface area contributed by atoms with Crippen molar-refractivity contribution < 1.29 is 19.8 Å². The van der Waals surface area contributed by atoms with Crippen molar-refractivity contribution in [2.75, 3.05) is 0 Å². The quantitative estimate of drug-likeness (QED) is 0.853. The van der Waals surface area contributed by atoms with Crippen LogP contribution in [0.1, 0.15) is 5.56 Å². The van der Waals surface area contributed by atoms with E-state index < -0.39 is 23.1 Å². The summed E-state index contributed by atoms with van der Waals surface area (Å²) < 4.78 is 0. The molecule has 0 heterocycles. The van der Waals surface area contributed by atoms with Gasteiger partial charge in [-0.2, -0.15) is 0 Å². The topological polar surface area (TPSA) is 74.6 Å². The minimum Gasteiger partial charge on any atom is -0.504 e. The number of allylic oxidation sites excluding steroid dienone is 2. The van der Waals surface area contributed by atoms with Gasteiger partial charge in [-0.3, -0.25) is 9.59 Å². The van der Waals surface area contributed by atoms with Gasteiger partial charge in [-0.15, -0.1) is 0 Å². The van der Waals surface area contributed by atoms with Crippen LogP contribution in [0.5, 0.6) is 0 Å². The smallest absolute Gasteiger partial charge is 0.227 e. The van der Waals surface area contributed by atoms with Gasteiger partial charge in [0.1, 0.15) is 0 Å². The van der Waals surface area contributed by atoms with E-state index in [0.29, 0.717) is 0 Å². The maximum Gasteiger partial charge on any atom is 0.227 e. The third kappa shape index (κ3) is 2.92. The van der Waals surface area contributed by atoms with Gasteiger partial charge >= 0.3 is 0 Å². The second-order valence-corrected chi connectivity index (χ2v) is 5.29. The summed E-state index contributed by atoms with van der Waals surface area (Å²) in [5, 5.41) is 19.3. The van der Waals surface area contributed by atoms with E-state index >= 15 is 0 Å². The van der Waals surface area contributed by atoms with Crippen molar-refractivity contribution in [2.45, 2.75) is 6.42 Å². The third-order valence-corrected chi connectivity index (χ3v) is 3.71. The summed E-state index contributed by atoms with van der Waals surface area (Å²) in [4.78, 5) is 23.5. The molecule has 1 aliphatic rings. The molecular formula is C19H14O4. The molecule has 114 valence electrons. The van der Waals surface area contributed by atoms with Crippen molar-refractivity contribution in [3.63, 3.8) is 0 Å². The first-order chi connectivity index (χ1) is 11.1. The average molecular weight is 306 g/mol. The van der Waals surface area contributed by atoms with E-state index in [1.807, 2.05) is 48.5 Å². The van der Waals surface area contributed by atoms with Gasteiger partial charge in [0.2, 0.25) is 11.6 Å². The summed E-state index contributed by atoms with van der Waals surface area (Å²) in [5.74, 6) is -2.71. The molecule has 2 aromatic carbocycles. The second kappa shape index (κ2) is 5.93. The summed E-state index contributed by atoms with van der Waals surface area (Å²) in [5.41, 5.74) is 2.68. The first-order valence-corrected chi connectivity index (χ1v) is 7.12. The van der Waals surface area contributed by atoms with Crippen molar-refractivity contribution >= 4 is 11.6 Å². The lowest BCUT2D eigenvalue weighted by Gasteiger charge is -2.13. The van der Waals surface area contributed by atoms with Crippen molar-refractivity contribution in [1.29, 1.82) is 0 Å². The number of aliphatic hydroxyl groups is 2. The fraction of sp³-hybridized carbons (Fsp3) is 0.0526. The summed E-state index contributed by atoms with van der Waals surface area (Å²) in [6, 6.07) is 17.2. The lowest BCUT2D eigenvalue weighted by molar-refractivity contribution is -0.119. The molecule has 3 rings (SSSR count). The molecule has 0 aliphatic heterocycles. The highest BCUT2D eigenvalue weighted by molar-refractivity contribution is 6.20. The maximum atomic E-state index is 12.0. The minimum absolute atomic E-state index is 0.0784. The molecule has 0 bridgehead atoms.